The second-order valence-corrected chi connectivity index (χ2v) is 6.94. The Kier molecular flexibility index (Phi) is 5.19. The van der Waals surface area contributed by atoms with Crippen molar-refractivity contribution in [3.63, 3.8) is 0 Å². The predicted molar refractivity (Wildman–Crippen MR) is 91.4 cm³/mol. The minimum atomic E-state index is -0.888. The van der Waals surface area contributed by atoms with Crippen LogP contribution in [0.15, 0.2) is 22.8 Å². The second-order valence-electron chi connectivity index (χ2n) is 6.08. The highest BCUT2D eigenvalue weighted by Crippen LogP contribution is 2.25. The van der Waals surface area contributed by atoms with Gasteiger partial charge in [0.25, 0.3) is 0 Å². The number of furan rings is 1. The van der Waals surface area contributed by atoms with Crippen molar-refractivity contribution >= 4 is 28.6 Å². The van der Waals surface area contributed by atoms with Crippen LogP contribution in [0, 0.1) is 13.8 Å². The maximum atomic E-state index is 12.1. The highest BCUT2D eigenvalue weighted by atomic mass is 32.2. The van der Waals surface area contributed by atoms with E-state index in [-0.39, 0.29) is 18.9 Å². The molecule has 0 saturated heterocycles. The summed E-state index contributed by atoms with van der Waals surface area (Å²) in [5.74, 6) is 0.475. The lowest BCUT2D eigenvalue weighted by atomic mass is 10.0. The molecule has 0 aliphatic heterocycles. The van der Waals surface area contributed by atoms with Gasteiger partial charge >= 0.3 is 0 Å². The van der Waals surface area contributed by atoms with Crippen LogP contribution in [0.3, 0.4) is 0 Å². The minimum Gasteiger partial charge on any atom is -0.464 e. The van der Waals surface area contributed by atoms with Crippen LogP contribution in [0.4, 0.5) is 0 Å². The van der Waals surface area contributed by atoms with Gasteiger partial charge in [0, 0.05) is 23.2 Å². The number of aryl methyl sites for hydroxylation is 2. The lowest BCUT2D eigenvalue weighted by Crippen LogP contribution is -2.42. The first-order chi connectivity index (χ1) is 10.3. The number of rotatable bonds is 6. The van der Waals surface area contributed by atoms with Crippen molar-refractivity contribution in [1.82, 2.24) is 5.32 Å². The molecule has 5 heteroatoms. The molecule has 1 aromatic heterocycles. The van der Waals surface area contributed by atoms with Crippen molar-refractivity contribution < 1.29 is 14.3 Å². The van der Waals surface area contributed by atoms with Crippen molar-refractivity contribution in [2.45, 2.75) is 32.8 Å². The standard InChI is InChI=1S/C17H23NO3S/c1-11-5-14-13(8-21-15(14)6-12(11)2)7-16(19)18-9-17(3,20)10-22-4/h5-6,8,20H,7,9-10H2,1-4H3,(H,18,19). The van der Waals surface area contributed by atoms with E-state index in [1.807, 2.05) is 26.2 Å². The summed E-state index contributed by atoms with van der Waals surface area (Å²) in [6.07, 6.45) is 3.83. The van der Waals surface area contributed by atoms with Crippen LogP contribution < -0.4 is 5.32 Å². The molecule has 1 atom stereocenters. The molecular formula is C17H23NO3S. The lowest BCUT2D eigenvalue weighted by molar-refractivity contribution is -0.121. The molecule has 1 unspecified atom stereocenters. The number of carbonyl (C=O) groups excluding carboxylic acids is 1. The average molecular weight is 321 g/mol. The first-order valence-electron chi connectivity index (χ1n) is 7.28. The summed E-state index contributed by atoms with van der Waals surface area (Å²) in [7, 11) is 0. The van der Waals surface area contributed by atoms with E-state index >= 15 is 0 Å². The first-order valence-corrected chi connectivity index (χ1v) is 8.67. The fraction of sp³-hybridized carbons (Fsp3) is 0.471. The Labute approximate surface area is 135 Å². The maximum absolute atomic E-state index is 12.1. The van der Waals surface area contributed by atoms with Crippen LogP contribution in [0.1, 0.15) is 23.6 Å². The molecule has 2 aromatic rings. The van der Waals surface area contributed by atoms with E-state index in [0.717, 1.165) is 16.5 Å². The Hall–Kier alpha value is -1.46. The Bertz CT molecular complexity index is 676. The summed E-state index contributed by atoms with van der Waals surface area (Å²) in [6.45, 7) is 6.06. The number of aliphatic hydroxyl groups is 1. The molecule has 1 amide bonds. The number of amides is 1. The van der Waals surface area contributed by atoms with E-state index in [1.54, 1.807) is 24.9 Å². The van der Waals surface area contributed by atoms with Crippen LogP contribution in [-0.4, -0.2) is 35.2 Å². The largest absolute Gasteiger partial charge is 0.464 e. The van der Waals surface area contributed by atoms with Gasteiger partial charge in [-0.25, -0.2) is 0 Å². The van der Waals surface area contributed by atoms with Gasteiger partial charge in [-0.05, 0) is 50.3 Å². The number of nitrogens with one attached hydrogen (secondary N) is 1. The number of fused-ring (bicyclic) bond motifs is 1. The van der Waals surface area contributed by atoms with Crippen molar-refractivity contribution in [3.05, 3.63) is 35.1 Å². The molecule has 0 bridgehead atoms. The zero-order valence-corrected chi connectivity index (χ0v) is 14.3. The molecule has 0 radical (unpaired) electrons. The van der Waals surface area contributed by atoms with Gasteiger partial charge in [-0.3, -0.25) is 4.79 Å². The predicted octanol–water partition coefficient (Wildman–Crippen LogP) is 2.82. The van der Waals surface area contributed by atoms with Gasteiger partial charge in [0.05, 0.1) is 18.3 Å². The van der Waals surface area contributed by atoms with Crippen LogP contribution >= 0.6 is 11.8 Å². The summed E-state index contributed by atoms with van der Waals surface area (Å²) in [4.78, 5) is 12.1. The van der Waals surface area contributed by atoms with Gasteiger partial charge < -0.3 is 14.8 Å². The topological polar surface area (TPSA) is 62.5 Å². The normalized spacial score (nSPS) is 14.0. The molecule has 120 valence electrons. The van der Waals surface area contributed by atoms with E-state index in [0.29, 0.717) is 5.75 Å². The van der Waals surface area contributed by atoms with E-state index < -0.39 is 5.60 Å². The molecule has 1 heterocycles. The summed E-state index contributed by atoms with van der Waals surface area (Å²) in [6, 6.07) is 4.05. The average Bonchev–Trinajstić information content (AvgIpc) is 2.80. The third-order valence-electron chi connectivity index (χ3n) is 3.74. The first kappa shape index (κ1) is 16.9. The fourth-order valence-corrected chi connectivity index (χ4v) is 3.08. The third kappa shape index (κ3) is 4.05. The molecule has 0 aliphatic rings. The van der Waals surface area contributed by atoms with Gasteiger partial charge in [0.15, 0.2) is 0 Å². The third-order valence-corrected chi connectivity index (χ3v) is 4.65. The number of thioether (sulfide) groups is 1. The smallest absolute Gasteiger partial charge is 0.224 e. The summed E-state index contributed by atoms with van der Waals surface area (Å²) in [5.41, 5.74) is 3.14. The quantitative estimate of drug-likeness (QED) is 0.859. The number of hydrogen-bond acceptors (Lipinski definition) is 4. The number of hydrogen-bond donors (Lipinski definition) is 2. The Morgan fingerprint density at radius 1 is 1.36 bits per heavy atom. The van der Waals surface area contributed by atoms with Crippen molar-refractivity contribution in [2.24, 2.45) is 0 Å². The van der Waals surface area contributed by atoms with E-state index in [9.17, 15) is 9.90 Å². The van der Waals surface area contributed by atoms with Gasteiger partial charge in [0.2, 0.25) is 5.91 Å². The summed E-state index contributed by atoms with van der Waals surface area (Å²) in [5, 5.41) is 13.8. The zero-order valence-electron chi connectivity index (χ0n) is 13.5. The van der Waals surface area contributed by atoms with Crippen LogP contribution in [0.5, 0.6) is 0 Å². The van der Waals surface area contributed by atoms with Crippen molar-refractivity contribution in [3.8, 4) is 0 Å². The summed E-state index contributed by atoms with van der Waals surface area (Å²) < 4.78 is 5.54. The van der Waals surface area contributed by atoms with Crippen LogP contribution in [0.25, 0.3) is 11.0 Å². The summed E-state index contributed by atoms with van der Waals surface area (Å²) >= 11 is 1.55. The van der Waals surface area contributed by atoms with Crippen LogP contribution in [-0.2, 0) is 11.2 Å². The fourth-order valence-electron chi connectivity index (χ4n) is 2.36. The van der Waals surface area contributed by atoms with Crippen LogP contribution in [0.2, 0.25) is 0 Å². The number of carbonyl (C=O) groups is 1. The molecule has 22 heavy (non-hydrogen) atoms. The molecule has 4 nitrogen and oxygen atoms in total. The monoisotopic (exact) mass is 321 g/mol. The van der Waals surface area contributed by atoms with E-state index in [2.05, 4.69) is 11.4 Å². The van der Waals surface area contributed by atoms with Crippen molar-refractivity contribution in [1.29, 1.82) is 0 Å². The maximum Gasteiger partial charge on any atom is 0.224 e. The molecular weight excluding hydrogens is 298 g/mol. The van der Waals surface area contributed by atoms with Crippen molar-refractivity contribution in [2.75, 3.05) is 18.6 Å². The zero-order chi connectivity index (χ0) is 16.3. The van der Waals surface area contributed by atoms with Gasteiger partial charge in [-0.2, -0.15) is 11.8 Å². The molecule has 0 saturated carbocycles. The Balaban J connectivity index is 2.05. The minimum absolute atomic E-state index is 0.109. The number of benzene rings is 1. The Morgan fingerprint density at radius 2 is 2.05 bits per heavy atom. The molecule has 0 aliphatic carbocycles. The molecule has 0 fully saturated rings. The molecule has 2 N–H and O–H groups in total. The lowest BCUT2D eigenvalue weighted by Gasteiger charge is -2.22. The Morgan fingerprint density at radius 3 is 2.73 bits per heavy atom. The van der Waals surface area contributed by atoms with Gasteiger partial charge in [-0.15, -0.1) is 0 Å². The highest BCUT2D eigenvalue weighted by Gasteiger charge is 2.21. The van der Waals surface area contributed by atoms with Gasteiger partial charge in [-0.1, -0.05) is 0 Å². The van der Waals surface area contributed by atoms with E-state index in [4.69, 9.17) is 4.42 Å². The van der Waals surface area contributed by atoms with E-state index in [1.165, 1.54) is 11.1 Å². The molecule has 2 rings (SSSR count). The second kappa shape index (κ2) is 6.75. The SMILES string of the molecule is CSCC(C)(O)CNC(=O)Cc1coc2cc(C)c(C)cc12. The molecule has 1 aromatic carbocycles. The highest BCUT2D eigenvalue weighted by molar-refractivity contribution is 7.98. The molecule has 0 spiro atoms. The van der Waals surface area contributed by atoms with Gasteiger partial charge in [0.1, 0.15) is 5.58 Å².